The van der Waals surface area contributed by atoms with E-state index in [-0.39, 0.29) is 10.8 Å². The van der Waals surface area contributed by atoms with Gasteiger partial charge in [-0.15, -0.1) is 0 Å². The molecule has 0 saturated heterocycles. The van der Waals surface area contributed by atoms with E-state index in [1.54, 1.807) is 0 Å². The molecule has 1 aliphatic rings. The maximum absolute atomic E-state index is 9.79. The second kappa shape index (κ2) is 2.71. The van der Waals surface area contributed by atoms with Crippen molar-refractivity contribution < 1.29 is 10.2 Å². The fourth-order valence-corrected chi connectivity index (χ4v) is 1.79. The fourth-order valence-electron chi connectivity index (χ4n) is 1.79. The smallest absolute Gasteiger partial charge is 0.0855 e. The Morgan fingerprint density at radius 1 is 0.833 bits per heavy atom. The van der Waals surface area contributed by atoms with Crippen LogP contribution in [0.2, 0.25) is 0 Å². The van der Waals surface area contributed by atoms with Crippen LogP contribution in [0.1, 0.15) is 40.5 Å². The summed E-state index contributed by atoms with van der Waals surface area (Å²) in [4.78, 5) is 0. The third-order valence-electron chi connectivity index (χ3n) is 3.31. The van der Waals surface area contributed by atoms with Gasteiger partial charge in [-0.25, -0.2) is 0 Å². The Morgan fingerprint density at radius 3 is 1.33 bits per heavy atom. The summed E-state index contributed by atoms with van der Waals surface area (Å²) < 4.78 is 0. The van der Waals surface area contributed by atoms with E-state index < -0.39 is 12.2 Å². The highest BCUT2D eigenvalue weighted by Gasteiger charge is 2.46. The Bertz CT molecular complexity index is 153. The van der Waals surface area contributed by atoms with Crippen LogP contribution in [0.4, 0.5) is 0 Å². The Hall–Kier alpha value is -0.0800. The van der Waals surface area contributed by atoms with Crippen LogP contribution in [0.3, 0.4) is 0 Å². The molecule has 1 aliphatic carbocycles. The molecule has 0 radical (unpaired) electrons. The zero-order chi connectivity index (χ0) is 9.57. The minimum Gasteiger partial charge on any atom is -0.390 e. The van der Waals surface area contributed by atoms with Crippen LogP contribution in [0.5, 0.6) is 0 Å². The van der Waals surface area contributed by atoms with Crippen LogP contribution in [0, 0.1) is 10.8 Å². The van der Waals surface area contributed by atoms with Crippen molar-refractivity contribution in [2.75, 3.05) is 0 Å². The standard InChI is InChI=1S/C10H20O2/c1-9(2)5-6-10(3,4)8(12)7(9)11/h7-8,11-12H,5-6H2,1-4H3. The molecule has 1 saturated carbocycles. The first kappa shape index (κ1) is 10.0. The normalized spacial score (nSPS) is 39.5. The summed E-state index contributed by atoms with van der Waals surface area (Å²) in [6, 6.07) is 0. The zero-order valence-corrected chi connectivity index (χ0v) is 8.46. The predicted molar refractivity (Wildman–Crippen MR) is 48.8 cm³/mol. The van der Waals surface area contributed by atoms with E-state index in [0.29, 0.717) is 0 Å². The van der Waals surface area contributed by atoms with Gasteiger partial charge < -0.3 is 10.2 Å². The van der Waals surface area contributed by atoms with Gasteiger partial charge in [0.15, 0.2) is 0 Å². The van der Waals surface area contributed by atoms with Crippen molar-refractivity contribution in [3.05, 3.63) is 0 Å². The Labute approximate surface area is 74.6 Å². The molecule has 0 aromatic carbocycles. The van der Waals surface area contributed by atoms with Gasteiger partial charge in [-0.05, 0) is 23.7 Å². The molecule has 0 spiro atoms. The molecular weight excluding hydrogens is 152 g/mol. The molecule has 72 valence electrons. The molecule has 2 N–H and O–H groups in total. The van der Waals surface area contributed by atoms with Crippen LogP contribution in [-0.4, -0.2) is 22.4 Å². The fraction of sp³-hybridized carbons (Fsp3) is 1.00. The molecule has 0 bridgehead atoms. The first-order valence-corrected chi connectivity index (χ1v) is 4.63. The van der Waals surface area contributed by atoms with Gasteiger partial charge in [0.25, 0.3) is 0 Å². The quantitative estimate of drug-likeness (QED) is 0.582. The van der Waals surface area contributed by atoms with Crippen LogP contribution >= 0.6 is 0 Å². The SMILES string of the molecule is CC1(C)CCC(C)(C)C(O)C1O. The molecule has 2 heteroatoms. The monoisotopic (exact) mass is 172 g/mol. The number of hydrogen-bond donors (Lipinski definition) is 2. The summed E-state index contributed by atoms with van der Waals surface area (Å²) in [5.41, 5.74) is -0.260. The number of aliphatic hydroxyl groups excluding tert-OH is 2. The van der Waals surface area contributed by atoms with Gasteiger partial charge in [0.2, 0.25) is 0 Å². The average molecular weight is 172 g/mol. The number of rotatable bonds is 0. The van der Waals surface area contributed by atoms with Crippen molar-refractivity contribution in [1.29, 1.82) is 0 Å². The number of hydrogen-bond acceptors (Lipinski definition) is 2. The van der Waals surface area contributed by atoms with E-state index in [1.165, 1.54) is 0 Å². The van der Waals surface area contributed by atoms with Gasteiger partial charge in [0.1, 0.15) is 0 Å². The summed E-state index contributed by atoms with van der Waals surface area (Å²) in [6.07, 6.45) is 0.804. The highest BCUT2D eigenvalue weighted by molar-refractivity contribution is 4.96. The van der Waals surface area contributed by atoms with Gasteiger partial charge in [-0.3, -0.25) is 0 Å². The topological polar surface area (TPSA) is 40.5 Å². The molecule has 12 heavy (non-hydrogen) atoms. The lowest BCUT2D eigenvalue weighted by molar-refractivity contribution is -0.137. The highest BCUT2D eigenvalue weighted by atomic mass is 16.3. The molecule has 0 amide bonds. The Balaban J connectivity index is 2.80. The first-order chi connectivity index (χ1) is 5.27. The van der Waals surface area contributed by atoms with Crippen LogP contribution < -0.4 is 0 Å². The largest absolute Gasteiger partial charge is 0.390 e. The van der Waals surface area contributed by atoms with Gasteiger partial charge in [-0.2, -0.15) is 0 Å². The maximum atomic E-state index is 9.79. The van der Waals surface area contributed by atoms with E-state index >= 15 is 0 Å². The van der Waals surface area contributed by atoms with Gasteiger partial charge in [-0.1, -0.05) is 27.7 Å². The molecular formula is C10H20O2. The summed E-state index contributed by atoms with van der Waals surface area (Å²) in [5.74, 6) is 0. The summed E-state index contributed by atoms with van der Waals surface area (Å²) in [6.45, 7) is 8.04. The van der Waals surface area contributed by atoms with E-state index in [2.05, 4.69) is 0 Å². The molecule has 0 heterocycles. The minimum atomic E-state index is -0.582. The van der Waals surface area contributed by atoms with Crippen molar-refractivity contribution >= 4 is 0 Å². The van der Waals surface area contributed by atoms with Gasteiger partial charge >= 0.3 is 0 Å². The van der Waals surface area contributed by atoms with Crippen LogP contribution in [-0.2, 0) is 0 Å². The second-order valence-corrected chi connectivity index (χ2v) is 5.37. The maximum Gasteiger partial charge on any atom is 0.0855 e. The van der Waals surface area contributed by atoms with Gasteiger partial charge in [0, 0.05) is 0 Å². The third-order valence-corrected chi connectivity index (χ3v) is 3.31. The van der Waals surface area contributed by atoms with Crippen molar-refractivity contribution in [3.8, 4) is 0 Å². The highest BCUT2D eigenvalue weighted by Crippen LogP contribution is 2.44. The zero-order valence-electron chi connectivity index (χ0n) is 8.46. The molecule has 2 nitrogen and oxygen atoms in total. The molecule has 0 aromatic heterocycles. The summed E-state index contributed by atoms with van der Waals surface area (Å²) >= 11 is 0. The van der Waals surface area contributed by atoms with Crippen molar-refractivity contribution in [3.63, 3.8) is 0 Å². The summed E-state index contributed by atoms with van der Waals surface area (Å²) in [7, 11) is 0. The lowest BCUT2D eigenvalue weighted by Gasteiger charge is -2.47. The predicted octanol–water partition coefficient (Wildman–Crippen LogP) is 1.55. The lowest BCUT2D eigenvalue weighted by Crippen LogP contribution is -2.51. The second-order valence-electron chi connectivity index (χ2n) is 5.37. The number of aliphatic hydroxyl groups is 2. The lowest BCUT2D eigenvalue weighted by atomic mass is 9.63. The first-order valence-electron chi connectivity index (χ1n) is 4.63. The van der Waals surface area contributed by atoms with Crippen molar-refractivity contribution in [2.45, 2.75) is 52.7 Å². The molecule has 0 aromatic rings. The van der Waals surface area contributed by atoms with E-state index in [4.69, 9.17) is 0 Å². The van der Waals surface area contributed by atoms with E-state index in [0.717, 1.165) is 12.8 Å². The molecule has 2 atom stereocenters. The summed E-state index contributed by atoms with van der Waals surface area (Å²) in [5, 5.41) is 19.6. The average Bonchev–Trinajstić information content (AvgIpc) is 1.96. The van der Waals surface area contributed by atoms with Gasteiger partial charge in [0.05, 0.1) is 12.2 Å². The van der Waals surface area contributed by atoms with Crippen molar-refractivity contribution in [2.24, 2.45) is 10.8 Å². The molecule has 1 rings (SSSR count). The van der Waals surface area contributed by atoms with E-state index in [1.807, 2.05) is 27.7 Å². The van der Waals surface area contributed by atoms with Crippen LogP contribution in [0.25, 0.3) is 0 Å². The molecule has 1 fully saturated rings. The van der Waals surface area contributed by atoms with E-state index in [9.17, 15) is 10.2 Å². The third kappa shape index (κ3) is 1.50. The Morgan fingerprint density at radius 2 is 1.08 bits per heavy atom. The molecule has 2 unspecified atom stereocenters. The minimum absolute atomic E-state index is 0.130. The Kier molecular flexibility index (Phi) is 2.26. The molecule has 0 aliphatic heterocycles. The van der Waals surface area contributed by atoms with Crippen molar-refractivity contribution in [1.82, 2.24) is 0 Å². The van der Waals surface area contributed by atoms with Crippen LogP contribution in [0.15, 0.2) is 0 Å².